The van der Waals surface area contributed by atoms with E-state index in [1.807, 2.05) is 110 Å². The third kappa shape index (κ3) is 3.48. The van der Waals surface area contributed by atoms with Crippen molar-refractivity contribution in [3.8, 4) is 0 Å². The predicted molar refractivity (Wildman–Crippen MR) is 102 cm³/mol. The molecule has 0 spiro atoms. The van der Waals surface area contributed by atoms with Gasteiger partial charge in [0.05, 0.1) is 5.41 Å². The van der Waals surface area contributed by atoms with Crippen molar-refractivity contribution in [1.82, 2.24) is 4.90 Å². The first-order valence-electron chi connectivity index (χ1n) is 8.53. The number of benzene rings is 3. The van der Waals surface area contributed by atoms with E-state index in [4.69, 9.17) is 0 Å². The molecule has 0 radical (unpaired) electrons. The fraction of sp³-hybridized carbons (Fsp3) is 0.174. The van der Waals surface area contributed by atoms with Crippen LogP contribution in [-0.4, -0.2) is 17.9 Å². The fourth-order valence-corrected chi connectivity index (χ4v) is 3.27. The normalized spacial score (nSPS) is 11.1. The zero-order valence-electron chi connectivity index (χ0n) is 14.7. The summed E-state index contributed by atoms with van der Waals surface area (Å²) >= 11 is 0. The summed E-state index contributed by atoms with van der Waals surface area (Å²) in [6, 6.07) is 30.1. The fourth-order valence-electron chi connectivity index (χ4n) is 3.27. The molecule has 0 aliphatic rings. The lowest BCUT2D eigenvalue weighted by Gasteiger charge is -2.34. The molecule has 0 bridgehead atoms. The molecule has 0 aromatic heterocycles. The lowest BCUT2D eigenvalue weighted by molar-refractivity contribution is -0.134. The highest BCUT2D eigenvalue weighted by atomic mass is 16.2. The van der Waals surface area contributed by atoms with Crippen LogP contribution in [0.2, 0.25) is 0 Å². The molecule has 1 amide bonds. The number of amides is 1. The van der Waals surface area contributed by atoms with Crippen molar-refractivity contribution in [2.24, 2.45) is 0 Å². The van der Waals surface area contributed by atoms with Crippen LogP contribution in [-0.2, 0) is 16.8 Å². The van der Waals surface area contributed by atoms with E-state index >= 15 is 0 Å². The van der Waals surface area contributed by atoms with Crippen molar-refractivity contribution in [2.75, 3.05) is 7.05 Å². The molecule has 0 N–H and O–H groups in total. The zero-order valence-corrected chi connectivity index (χ0v) is 14.7. The molecule has 3 aromatic carbocycles. The monoisotopic (exact) mass is 329 g/mol. The molecule has 0 fully saturated rings. The number of rotatable bonds is 5. The van der Waals surface area contributed by atoms with E-state index in [0.717, 1.165) is 16.7 Å². The van der Waals surface area contributed by atoms with Crippen LogP contribution in [0.25, 0.3) is 0 Å². The standard InChI is InChI=1S/C23H23NO/c1-23(20-14-8-4-9-15-20,21-16-10-5-11-17-21)22(25)24(2)18-19-12-6-3-7-13-19/h3-17H,18H2,1-2H3. The van der Waals surface area contributed by atoms with Gasteiger partial charge >= 0.3 is 0 Å². The second-order valence-electron chi connectivity index (χ2n) is 6.50. The maximum Gasteiger partial charge on any atom is 0.237 e. The molecular formula is C23H23NO. The second-order valence-corrected chi connectivity index (χ2v) is 6.50. The number of hydrogen-bond acceptors (Lipinski definition) is 1. The summed E-state index contributed by atoms with van der Waals surface area (Å²) in [5.74, 6) is 0.0914. The van der Waals surface area contributed by atoms with Gasteiger partial charge in [-0.25, -0.2) is 0 Å². The van der Waals surface area contributed by atoms with E-state index in [2.05, 4.69) is 0 Å². The molecule has 0 heterocycles. The minimum absolute atomic E-state index is 0.0914. The Hall–Kier alpha value is -2.87. The van der Waals surface area contributed by atoms with Gasteiger partial charge in [-0.1, -0.05) is 91.0 Å². The van der Waals surface area contributed by atoms with Crippen LogP contribution in [0.3, 0.4) is 0 Å². The minimum atomic E-state index is -0.716. The smallest absolute Gasteiger partial charge is 0.237 e. The van der Waals surface area contributed by atoms with E-state index in [1.54, 1.807) is 0 Å². The molecule has 25 heavy (non-hydrogen) atoms. The van der Waals surface area contributed by atoms with E-state index in [-0.39, 0.29) is 5.91 Å². The Morgan fingerprint density at radius 1 is 0.760 bits per heavy atom. The van der Waals surface area contributed by atoms with Crippen LogP contribution in [0, 0.1) is 0 Å². The molecule has 0 atom stereocenters. The van der Waals surface area contributed by atoms with Crippen LogP contribution < -0.4 is 0 Å². The van der Waals surface area contributed by atoms with Gasteiger partial charge in [0, 0.05) is 13.6 Å². The number of nitrogens with zero attached hydrogens (tertiary/aromatic N) is 1. The molecule has 0 aliphatic carbocycles. The largest absolute Gasteiger partial charge is 0.340 e. The lowest BCUT2D eigenvalue weighted by Crippen LogP contribution is -2.43. The Balaban J connectivity index is 1.98. The highest BCUT2D eigenvalue weighted by molar-refractivity contribution is 5.91. The average Bonchev–Trinajstić information content (AvgIpc) is 2.69. The predicted octanol–water partition coefficient (Wildman–Crippen LogP) is 4.65. The SMILES string of the molecule is CN(Cc1ccccc1)C(=O)C(C)(c1ccccc1)c1ccccc1. The highest BCUT2D eigenvalue weighted by Crippen LogP contribution is 2.34. The van der Waals surface area contributed by atoms with Gasteiger partial charge in [0.2, 0.25) is 5.91 Å². The first kappa shape index (κ1) is 17.0. The maximum atomic E-state index is 13.5. The van der Waals surface area contributed by atoms with Crippen molar-refractivity contribution in [2.45, 2.75) is 18.9 Å². The topological polar surface area (TPSA) is 20.3 Å². The van der Waals surface area contributed by atoms with Gasteiger partial charge in [-0.2, -0.15) is 0 Å². The first-order chi connectivity index (χ1) is 12.1. The molecular weight excluding hydrogens is 306 g/mol. The Morgan fingerprint density at radius 3 is 1.60 bits per heavy atom. The summed E-state index contributed by atoms with van der Waals surface area (Å²) in [6.45, 7) is 2.61. The van der Waals surface area contributed by atoms with Gasteiger partial charge in [0.1, 0.15) is 0 Å². The highest BCUT2D eigenvalue weighted by Gasteiger charge is 2.38. The van der Waals surface area contributed by atoms with Crippen LogP contribution in [0.5, 0.6) is 0 Å². The van der Waals surface area contributed by atoms with Gasteiger partial charge in [-0.05, 0) is 23.6 Å². The number of likely N-dealkylation sites (N-methyl/N-ethyl adjacent to an activating group) is 1. The lowest BCUT2D eigenvalue weighted by atomic mass is 9.75. The molecule has 126 valence electrons. The summed E-state index contributed by atoms with van der Waals surface area (Å²) in [5.41, 5.74) is 2.42. The van der Waals surface area contributed by atoms with Gasteiger partial charge in [0.15, 0.2) is 0 Å². The zero-order chi connectivity index (χ0) is 17.7. The Bertz CT molecular complexity index is 773. The van der Waals surface area contributed by atoms with Crippen molar-refractivity contribution in [1.29, 1.82) is 0 Å². The van der Waals surface area contributed by atoms with Gasteiger partial charge in [0.25, 0.3) is 0 Å². The van der Waals surface area contributed by atoms with Crippen LogP contribution in [0.4, 0.5) is 0 Å². The summed E-state index contributed by atoms with van der Waals surface area (Å²) < 4.78 is 0. The molecule has 0 aliphatic heterocycles. The van der Waals surface area contributed by atoms with Gasteiger partial charge < -0.3 is 4.90 Å². The number of carbonyl (C=O) groups excluding carboxylic acids is 1. The van der Waals surface area contributed by atoms with Crippen LogP contribution >= 0.6 is 0 Å². The maximum absolute atomic E-state index is 13.5. The van der Waals surface area contributed by atoms with E-state index in [9.17, 15) is 4.79 Å². The number of hydrogen-bond donors (Lipinski definition) is 0. The third-order valence-electron chi connectivity index (χ3n) is 4.74. The van der Waals surface area contributed by atoms with Crippen molar-refractivity contribution < 1.29 is 4.79 Å². The summed E-state index contributed by atoms with van der Waals surface area (Å²) in [5, 5.41) is 0. The Morgan fingerprint density at radius 2 is 1.16 bits per heavy atom. The van der Waals surface area contributed by atoms with Crippen LogP contribution in [0.1, 0.15) is 23.6 Å². The van der Waals surface area contributed by atoms with E-state index in [0.29, 0.717) is 6.54 Å². The average molecular weight is 329 g/mol. The minimum Gasteiger partial charge on any atom is -0.340 e. The van der Waals surface area contributed by atoms with Crippen molar-refractivity contribution >= 4 is 5.91 Å². The van der Waals surface area contributed by atoms with Crippen molar-refractivity contribution in [3.63, 3.8) is 0 Å². The third-order valence-corrected chi connectivity index (χ3v) is 4.74. The molecule has 3 aromatic rings. The molecule has 0 saturated carbocycles. The summed E-state index contributed by atoms with van der Waals surface area (Å²) in [7, 11) is 1.87. The van der Waals surface area contributed by atoms with Gasteiger partial charge in [-0.15, -0.1) is 0 Å². The number of carbonyl (C=O) groups is 1. The summed E-state index contributed by atoms with van der Waals surface area (Å²) in [6.07, 6.45) is 0. The quantitative estimate of drug-likeness (QED) is 0.667. The molecule has 0 saturated heterocycles. The molecule has 2 nitrogen and oxygen atoms in total. The van der Waals surface area contributed by atoms with E-state index in [1.165, 1.54) is 0 Å². The van der Waals surface area contributed by atoms with E-state index < -0.39 is 5.41 Å². The Kier molecular flexibility index (Phi) is 4.99. The summed E-state index contributed by atoms with van der Waals surface area (Å²) in [4.78, 5) is 15.3. The van der Waals surface area contributed by atoms with Gasteiger partial charge in [-0.3, -0.25) is 4.79 Å². The first-order valence-corrected chi connectivity index (χ1v) is 8.53. The Labute approximate surface area is 149 Å². The molecule has 2 heteroatoms. The second kappa shape index (κ2) is 7.35. The molecule has 3 rings (SSSR count). The van der Waals surface area contributed by atoms with Crippen LogP contribution in [0.15, 0.2) is 91.0 Å². The van der Waals surface area contributed by atoms with Crippen molar-refractivity contribution in [3.05, 3.63) is 108 Å². The molecule has 0 unspecified atom stereocenters.